The van der Waals surface area contributed by atoms with Crippen LogP contribution in [0, 0.1) is 5.92 Å². The second-order valence-electron chi connectivity index (χ2n) is 4.37. The monoisotopic (exact) mass is 293 g/mol. The lowest BCUT2D eigenvalue weighted by Crippen LogP contribution is -2.29. The first kappa shape index (κ1) is 10.9. The first-order chi connectivity index (χ1) is 8.25. The Kier molecular flexibility index (Phi) is 2.70. The lowest BCUT2D eigenvalue weighted by atomic mass is 9.87. The van der Waals surface area contributed by atoms with Gasteiger partial charge in [-0.25, -0.2) is 4.98 Å². The van der Waals surface area contributed by atoms with E-state index in [9.17, 15) is 4.79 Å². The zero-order valence-electron chi connectivity index (χ0n) is 9.27. The molecule has 1 aromatic rings. The molecule has 2 aliphatic rings. The highest BCUT2D eigenvalue weighted by Crippen LogP contribution is 2.31. The molecule has 1 unspecified atom stereocenters. The van der Waals surface area contributed by atoms with Gasteiger partial charge >= 0.3 is 0 Å². The van der Waals surface area contributed by atoms with Crippen LogP contribution in [0.2, 0.25) is 0 Å². The molecule has 5 heteroatoms. The van der Waals surface area contributed by atoms with E-state index in [2.05, 4.69) is 26.0 Å². The van der Waals surface area contributed by atoms with Gasteiger partial charge in [-0.1, -0.05) is 6.42 Å². The van der Waals surface area contributed by atoms with E-state index < -0.39 is 0 Å². The second kappa shape index (κ2) is 4.22. The summed E-state index contributed by atoms with van der Waals surface area (Å²) in [5.41, 5.74) is 1.03. The van der Waals surface area contributed by atoms with Gasteiger partial charge < -0.3 is 0 Å². The molecule has 1 aliphatic heterocycles. The van der Waals surface area contributed by atoms with E-state index in [1.54, 1.807) is 6.20 Å². The minimum absolute atomic E-state index is 0.00852. The van der Waals surface area contributed by atoms with Gasteiger partial charge in [0.25, 0.3) is 5.91 Å². The number of hydrazone groups is 1. The summed E-state index contributed by atoms with van der Waals surface area (Å²) in [5, 5.41) is 5.87. The number of carbonyl (C=O) groups is 1. The van der Waals surface area contributed by atoms with Crippen molar-refractivity contribution < 1.29 is 4.79 Å². The Morgan fingerprint density at radius 3 is 2.94 bits per heavy atom. The largest absolute Gasteiger partial charge is 0.272 e. The molecule has 0 spiro atoms. The molecule has 88 valence electrons. The summed E-state index contributed by atoms with van der Waals surface area (Å²) in [5.74, 6) is 0.698. The molecule has 0 bridgehead atoms. The molecular formula is C12H12BrN3O. The molecule has 1 amide bonds. The van der Waals surface area contributed by atoms with Crippen molar-refractivity contribution in [2.24, 2.45) is 11.0 Å². The Hall–Kier alpha value is -1.23. The van der Waals surface area contributed by atoms with E-state index in [0.717, 1.165) is 35.9 Å². The number of nitrogens with zero attached hydrogens (tertiary/aromatic N) is 3. The Labute approximate surface area is 108 Å². The van der Waals surface area contributed by atoms with Gasteiger partial charge in [-0.05, 0) is 47.3 Å². The fraction of sp³-hybridized carbons (Fsp3) is 0.417. The van der Waals surface area contributed by atoms with E-state index in [4.69, 9.17) is 0 Å². The van der Waals surface area contributed by atoms with Crippen molar-refractivity contribution in [3.05, 3.63) is 22.8 Å². The molecule has 1 aliphatic carbocycles. The predicted molar refractivity (Wildman–Crippen MR) is 68.8 cm³/mol. The highest BCUT2D eigenvalue weighted by atomic mass is 79.9. The van der Waals surface area contributed by atoms with E-state index in [1.165, 1.54) is 5.01 Å². The second-order valence-corrected chi connectivity index (χ2v) is 5.29. The molecule has 1 fully saturated rings. The topological polar surface area (TPSA) is 45.6 Å². The van der Waals surface area contributed by atoms with Crippen LogP contribution in [-0.2, 0) is 4.79 Å². The minimum Gasteiger partial charge on any atom is -0.272 e. The zero-order chi connectivity index (χ0) is 11.8. The molecule has 1 atom stereocenters. The number of pyridine rings is 1. The highest BCUT2D eigenvalue weighted by molar-refractivity contribution is 9.10. The fourth-order valence-electron chi connectivity index (χ4n) is 2.36. The van der Waals surface area contributed by atoms with Crippen molar-refractivity contribution in [1.29, 1.82) is 0 Å². The SMILES string of the molecule is O=C1C2CCCCC2=NN1c1ccc(Br)cn1. The van der Waals surface area contributed by atoms with Gasteiger partial charge in [0.15, 0.2) is 5.82 Å². The molecule has 3 rings (SSSR count). The highest BCUT2D eigenvalue weighted by Gasteiger charge is 2.38. The number of halogens is 1. The Balaban J connectivity index is 1.92. The molecule has 0 N–H and O–H groups in total. The summed E-state index contributed by atoms with van der Waals surface area (Å²) in [6.07, 6.45) is 5.83. The number of anilines is 1. The van der Waals surface area contributed by atoms with Gasteiger partial charge in [-0.2, -0.15) is 10.1 Å². The van der Waals surface area contributed by atoms with Crippen LogP contribution in [0.1, 0.15) is 25.7 Å². The molecule has 4 nitrogen and oxygen atoms in total. The van der Waals surface area contributed by atoms with Gasteiger partial charge in [-0.15, -0.1) is 0 Å². The molecule has 0 saturated heterocycles. The van der Waals surface area contributed by atoms with Crippen LogP contribution in [0.5, 0.6) is 0 Å². The van der Waals surface area contributed by atoms with Gasteiger partial charge in [0.2, 0.25) is 0 Å². The van der Waals surface area contributed by atoms with Crippen LogP contribution in [0.3, 0.4) is 0 Å². The fourth-order valence-corrected chi connectivity index (χ4v) is 2.60. The predicted octanol–water partition coefficient (Wildman–Crippen LogP) is 2.74. The molecular weight excluding hydrogens is 282 g/mol. The summed E-state index contributed by atoms with van der Waals surface area (Å²) >= 11 is 3.33. The van der Waals surface area contributed by atoms with Crippen LogP contribution in [0.25, 0.3) is 0 Å². The van der Waals surface area contributed by atoms with E-state index in [1.807, 2.05) is 12.1 Å². The van der Waals surface area contributed by atoms with Crippen molar-refractivity contribution in [3.8, 4) is 0 Å². The summed E-state index contributed by atoms with van der Waals surface area (Å²) in [7, 11) is 0. The van der Waals surface area contributed by atoms with E-state index >= 15 is 0 Å². The lowest BCUT2D eigenvalue weighted by molar-refractivity contribution is -0.120. The zero-order valence-corrected chi connectivity index (χ0v) is 10.9. The number of rotatable bonds is 1. The van der Waals surface area contributed by atoms with Crippen molar-refractivity contribution in [3.63, 3.8) is 0 Å². The Morgan fingerprint density at radius 1 is 1.35 bits per heavy atom. The van der Waals surface area contributed by atoms with Gasteiger partial charge in [0.05, 0.1) is 11.6 Å². The number of hydrogen-bond donors (Lipinski definition) is 0. The number of fused-ring (bicyclic) bond motifs is 1. The van der Waals surface area contributed by atoms with Crippen molar-refractivity contribution >= 4 is 33.4 Å². The summed E-state index contributed by atoms with van der Waals surface area (Å²) in [4.78, 5) is 16.4. The number of hydrogen-bond acceptors (Lipinski definition) is 3. The third-order valence-electron chi connectivity index (χ3n) is 3.24. The summed E-state index contributed by atoms with van der Waals surface area (Å²) in [6, 6.07) is 3.68. The first-order valence-corrected chi connectivity index (χ1v) is 6.58. The quantitative estimate of drug-likeness (QED) is 0.799. The lowest BCUT2D eigenvalue weighted by Gasteiger charge is -2.16. The third kappa shape index (κ3) is 1.88. The molecule has 1 saturated carbocycles. The van der Waals surface area contributed by atoms with Gasteiger partial charge in [-0.3, -0.25) is 4.79 Å². The maximum absolute atomic E-state index is 12.2. The number of amides is 1. The third-order valence-corrected chi connectivity index (χ3v) is 3.71. The van der Waals surface area contributed by atoms with E-state index in [0.29, 0.717) is 5.82 Å². The standard InChI is InChI=1S/C12H12BrN3O/c13-8-5-6-11(14-7-8)16-12(17)9-3-1-2-4-10(9)15-16/h5-7,9H,1-4H2. The average molecular weight is 294 g/mol. The van der Waals surface area contributed by atoms with Gasteiger partial charge in [0, 0.05) is 10.7 Å². The van der Waals surface area contributed by atoms with Crippen LogP contribution in [-0.4, -0.2) is 16.6 Å². The van der Waals surface area contributed by atoms with Crippen LogP contribution < -0.4 is 5.01 Å². The maximum Gasteiger partial charge on any atom is 0.257 e. The molecule has 1 aromatic heterocycles. The van der Waals surface area contributed by atoms with Crippen molar-refractivity contribution in [2.45, 2.75) is 25.7 Å². The summed E-state index contributed by atoms with van der Waals surface area (Å²) in [6.45, 7) is 0. The van der Waals surface area contributed by atoms with Gasteiger partial charge in [0.1, 0.15) is 0 Å². The summed E-state index contributed by atoms with van der Waals surface area (Å²) < 4.78 is 0.901. The minimum atomic E-state index is 0.00852. The van der Waals surface area contributed by atoms with Crippen molar-refractivity contribution in [2.75, 3.05) is 5.01 Å². The van der Waals surface area contributed by atoms with E-state index in [-0.39, 0.29) is 11.8 Å². The number of aromatic nitrogens is 1. The average Bonchev–Trinajstić information content (AvgIpc) is 2.69. The normalized spacial score (nSPS) is 23.6. The van der Waals surface area contributed by atoms with Crippen LogP contribution in [0.4, 0.5) is 5.82 Å². The van der Waals surface area contributed by atoms with Crippen LogP contribution >= 0.6 is 15.9 Å². The Morgan fingerprint density at radius 2 is 2.24 bits per heavy atom. The molecule has 0 aromatic carbocycles. The molecule has 2 heterocycles. The van der Waals surface area contributed by atoms with Crippen LogP contribution in [0.15, 0.2) is 27.9 Å². The molecule has 17 heavy (non-hydrogen) atoms. The Bertz CT molecular complexity index is 483. The van der Waals surface area contributed by atoms with Crippen molar-refractivity contribution in [1.82, 2.24) is 4.98 Å². The number of carbonyl (C=O) groups excluding carboxylic acids is 1. The first-order valence-electron chi connectivity index (χ1n) is 5.78. The molecule has 0 radical (unpaired) electrons. The smallest absolute Gasteiger partial charge is 0.257 e. The maximum atomic E-state index is 12.2.